The van der Waals surface area contributed by atoms with Crippen LogP contribution in [0.15, 0.2) is 0 Å². The van der Waals surface area contributed by atoms with Crippen molar-refractivity contribution in [3.05, 3.63) is 0 Å². The van der Waals surface area contributed by atoms with Crippen LogP contribution in [0.5, 0.6) is 0 Å². The number of aryl methyl sites for hydroxylation is 1. The zero-order chi connectivity index (χ0) is 9.10. The van der Waals surface area contributed by atoms with Gasteiger partial charge >= 0.3 is 0 Å². The third-order valence-corrected chi connectivity index (χ3v) is 2.25. The quantitative estimate of drug-likeness (QED) is 0.637. The third kappa shape index (κ3) is 1.95. The summed E-state index contributed by atoms with van der Waals surface area (Å²) in [7, 11) is 1.83. The number of anilines is 1. The number of rotatable bonds is 2. The van der Waals surface area contributed by atoms with Crippen molar-refractivity contribution in [1.82, 2.24) is 25.5 Å². The Morgan fingerprint density at radius 3 is 3.15 bits per heavy atom. The Hall–Kier alpha value is -1.17. The van der Waals surface area contributed by atoms with Crippen molar-refractivity contribution in [1.29, 1.82) is 0 Å². The van der Waals surface area contributed by atoms with E-state index in [1.165, 1.54) is 12.8 Å². The molecule has 1 aromatic heterocycles. The Morgan fingerprint density at radius 1 is 1.62 bits per heavy atom. The molecular weight excluding hydrogens is 168 g/mol. The molecule has 6 nitrogen and oxygen atoms in total. The molecule has 13 heavy (non-hydrogen) atoms. The van der Waals surface area contributed by atoms with Crippen molar-refractivity contribution in [3.8, 4) is 0 Å². The Bertz CT molecular complexity index is 264. The summed E-state index contributed by atoms with van der Waals surface area (Å²) < 4.78 is 1.65. The minimum absolute atomic E-state index is 0.457. The van der Waals surface area contributed by atoms with Gasteiger partial charge in [-0.05, 0) is 29.8 Å². The Morgan fingerprint density at radius 2 is 2.54 bits per heavy atom. The van der Waals surface area contributed by atoms with Gasteiger partial charge in [0.1, 0.15) is 0 Å². The average molecular weight is 182 g/mol. The summed E-state index contributed by atoms with van der Waals surface area (Å²) in [4.78, 5) is 0. The van der Waals surface area contributed by atoms with E-state index >= 15 is 0 Å². The first-order valence-electron chi connectivity index (χ1n) is 4.56. The second kappa shape index (κ2) is 3.69. The van der Waals surface area contributed by atoms with Crippen molar-refractivity contribution in [2.24, 2.45) is 7.05 Å². The van der Waals surface area contributed by atoms with Crippen molar-refractivity contribution in [2.45, 2.75) is 18.9 Å². The second-order valence-electron chi connectivity index (χ2n) is 3.31. The van der Waals surface area contributed by atoms with E-state index in [-0.39, 0.29) is 0 Å². The van der Waals surface area contributed by atoms with Gasteiger partial charge < -0.3 is 10.6 Å². The summed E-state index contributed by atoms with van der Waals surface area (Å²) in [6.07, 6.45) is 2.39. The molecule has 1 aliphatic rings. The molecule has 0 bridgehead atoms. The number of piperidine rings is 1. The molecule has 1 fully saturated rings. The third-order valence-electron chi connectivity index (χ3n) is 2.25. The minimum Gasteiger partial charge on any atom is -0.349 e. The Kier molecular flexibility index (Phi) is 2.40. The van der Waals surface area contributed by atoms with Gasteiger partial charge in [0, 0.05) is 19.6 Å². The monoisotopic (exact) mass is 182 g/mol. The van der Waals surface area contributed by atoms with Crippen LogP contribution in [0.4, 0.5) is 5.95 Å². The lowest BCUT2D eigenvalue weighted by atomic mass is 10.1. The molecule has 2 rings (SSSR count). The van der Waals surface area contributed by atoms with E-state index in [1.54, 1.807) is 4.68 Å². The van der Waals surface area contributed by atoms with E-state index in [9.17, 15) is 0 Å². The molecule has 0 amide bonds. The molecule has 1 saturated heterocycles. The second-order valence-corrected chi connectivity index (χ2v) is 3.31. The van der Waals surface area contributed by atoms with Gasteiger partial charge in [-0.2, -0.15) is 0 Å². The van der Waals surface area contributed by atoms with E-state index < -0.39 is 0 Å². The highest BCUT2D eigenvalue weighted by molar-refractivity contribution is 5.23. The molecule has 0 aliphatic carbocycles. The highest BCUT2D eigenvalue weighted by Gasteiger charge is 2.14. The molecule has 1 aromatic rings. The van der Waals surface area contributed by atoms with Crippen LogP contribution in [0.2, 0.25) is 0 Å². The SMILES string of the molecule is Cn1nnnc1NC1CCCNC1. The normalized spacial score (nSPS) is 23.0. The largest absolute Gasteiger partial charge is 0.349 e. The standard InChI is InChI=1S/C7H14N6/c1-13-7(10-11-12-13)9-6-3-2-4-8-5-6/h6,8H,2-5H2,1H3,(H,9,10,12). The van der Waals surface area contributed by atoms with Gasteiger partial charge in [0.15, 0.2) is 0 Å². The molecule has 2 heterocycles. The lowest BCUT2D eigenvalue weighted by Gasteiger charge is -2.23. The van der Waals surface area contributed by atoms with E-state index in [0.717, 1.165) is 19.0 Å². The average Bonchev–Trinajstić information content (AvgIpc) is 2.54. The molecule has 1 aliphatic heterocycles. The first kappa shape index (κ1) is 8.43. The summed E-state index contributed by atoms with van der Waals surface area (Å²) >= 11 is 0. The Balaban J connectivity index is 1.93. The summed E-state index contributed by atoms with van der Waals surface area (Å²) in [5.41, 5.74) is 0. The molecule has 0 saturated carbocycles. The fourth-order valence-electron chi connectivity index (χ4n) is 1.51. The fraction of sp³-hybridized carbons (Fsp3) is 0.857. The zero-order valence-corrected chi connectivity index (χ0v) is 7.69. The van der Waals surface area contributed by atoms with Crippen LogP contribution in [0.1, 0.15) is 12.8 Å². The number of hydrogen-bond acceptors (Lipinski definition) is 5. The van der Waals surface area contributed by atoms with E-state index in [4.69, 9.17) is 0 Å². The molecular formula is C7H14N6. The smallest absolute Gasteiger partial charge is 0.242 e. The van der Waals surface area contributed by atoms with Crippen molar-refractivity contribution in [3.63, 3.8) is 0 Å². The van der Waals surface area contributed by atoms with Gasteiger partial charge in [0.05, 0.1) is 0 Å². The molecule has 0 radical (unpaired) electrons. The number of aromatic nitrogens is 4. The van der Waals surface area contributed by atoms with Crippen molar-refractivity contribution < 1.29 is 0 Å². The maximum Gasteiger partial charge on any atom is 0.242 e. The number of nitrogens with one attached hydrogen (secondary N) is 2. The van der Waals surface area contributed by atoms with Crippen LogP contribution in [0.3, 0.4) is 0 Å². The maximum absolute atomic E-state index is 3.87. The molecule has 1 unspecified atom stereocenters. The summed E-state index contributed by atoms with van der Waals surface area (Å²) in [6.45, 7) is 2.11. The fourth-order valence-corrected chi connectivity index (χ4v) is 1.51. The van der Waals surface area contributed by atoms with Crippen LogP contribution >= 0.6 is 0 Å². The molecule has 1 atom stereocenters. The molecule has 0 spiro atoms. The molecule has 2 N–H and O–H groups in total. The zero-order valence-electron chi connectivity index (χ0n) is 7.69. The highest BCUT2D eigenvalue weighted by atomic mass is 15.6. The first-order chi connectivity index (χ1) is 6.36. The van der Waals surface area contributed by atoms with E-state index in [0.29, 0.717) is 6.04 Å². The highest BCUT2D eigenvalue weighted by Crippen LogP contribution is 2.07. The van der Waals surface area contributed by atoms with Gasteiger partial charge in [0.25, 0.3) is 0 Å². The number of tetrazole rings is 1. The van der Waals surface area contributed by atoms with Crippen LogP contribution in [0, 0.1) is 0 Å². The lowest BCUT2D eigenvalue weighted by molar-refractivity contribution is 0.476. The predicted octanol–water partition coefficient (Wildman–Crippen LogP) is -0.626. The topological polar surface area (TPSA) is 67.7 Å². The van der Waals surface area contributed by atoms with Gasteiger partial charge in [-0.3, -0.25) is 0 Å². The van der Waals surface area contributed by atoms with Crippen LogP contribution in [-0.2, 0) is 7.05 Å². The lowest BCUT2D eigenvalue weighted by Crippen LogP contribution is -2.39. The van der Waals surface area contributed by atoms with Crippen LogP contribution < -0.4 is 10.6 Å². The first-order valence-corrected chi connectivity index (χ1v) is 4.56. The van der Waals surface area contributed by atoms with E-state index in [2.05, 4.69) is 26.2 Å². The van der Waals surface area contributed by atoms with Gasteiger partial charge in [0.2, 0.25) is 5.95 Å². The summed E-state index contributed by atoms with van der Waals surface area (Å²) in [5, 5.41) is 17.8. The molecule has 6 heteroatoms. The Labute approximate surface area is 76.7 Å². The molecule has 72 valence electrons. The number of nitrogens with zero attached hydrogens (tertiary/aromatic N) is 4. The minimum atomic E-state index is 0.457. The van der Waals surface area contributed by atoms with Crippen LogP contribution in [0.25, 0.3) is 0 Å². The predicted molar refractivity (Wildman–Crippen MR) is 48.3 cm³/mol. The van der Waals surface area contributed by atoms with Crippen molar-refractivity contribution >= 4 is 5.95 Å². The number of hydrogen-bond donors (Lipinski definition) is 2. The van der Waals surface area contributed by atoms with E-state index in [1.807, 2.05) is 7.05 Å². The summed E-state index contributed by atoms with van der Waals surface area (Å²) in [6, 6.07) is 0.457. The van der Waals surface area contributed by atoms with Crippen molar-refractivity contribution in [2.75, 3.05) is 18.4 Å². The maximum atomic E-state index is 3.87. The van der Waals surface area contributed by atoms with Gasteiger partial charge in [-0.25, -0.2) is 4.68 Å². The van der Waals surface area contributed by atoms with Crippen LogP contribution in [-0.4, -0.2) is 39.3 Å². The van der Waals surface area contributed by atoms with Gasteiger partial charge in [-0.15, -0.1) is 0 Å². The van der Waals surface area contributed by atoms with Gasteiger partial charge in [-0.1, -0.05) is 5.10 Å². The summed E-state index contributed by atoms with van der Waals surface area (Å²) in [5.74, 6) is 0.744. The molecule has 0 aromatic carbocycles.